The van der Waals surface area contributed by atoms with E-state index in [4.69, 9.17) is 9.47 Å². The molecule has 0 fully saturated rings. The zero-order chi connectivity index (χ0) is 52.7. The van der Waals surface area contributed by atoms with Crippen LogP contribution in [0.25, 0.3) is 0 Å². The Morgan fingerprint density at radius 1 is 0.329 bits per heavy atom. The molecule has 0 saturated heterocycles. The molecule has 0 aliphatic heterocycles. The van der Waals surface area contributed by atoms with Crippen LogP contribution in [0.5, 0.6) is 0 Å². The van der Waals surface area contributed by atoms with Gasteiger partial charge in [-0.2, -0.15) is 0 Å². The zero-order valence-electron chi connectivity index (χ0n) is 48.6. The van der Waals surface area contributed by atoms with Gasteiger partial charge in [-0.15, -0.1) is 0 Å². The highest BCUT2D eigenvalue weighted by molar-refractivity contribution is 5.70. The molecular formula is C68H122O5. The number of carbonyl (C=O) groups is 2. The van der Waals surface area contributed by atoms with Crippen molar-refractivity contribution in [2.45, 2.75) is 335 Å². The van der Waals surface area contributed by atoms with Crippen LogP contribution in [0.15, 0.2) is 72.9 Å². The van der Waals surface area contributed by atoms with E-state index in [-0.39, 0.29) is 25.2 Å². The van der Waals surface area contributed by atoms with Crippen LogP contribution in [0.2, 0.25) is 0 Å². The molecular weight excluding hydrogens is 897 g/mol. The average molecular weight is 1020 g/mol. The van der Waals surface area contributed by atoms with E-state index in [2.05, 4.69) is 86.8 Å². The molecule has 0 aromatic rings. The van der Waals surface area contributed by atoms with E-state index in [9.17, 15) is 14.7 Å². The van der Waals surface area contributed by atoms with Gasteiger partial charge < -0.3 is 14.6 Å². The first-order valence-electron chi connectivity index (χ1n) is 32.0. The second kappa shape index (κ2) is 63.6. The predicted molar refractivity (Wildman–Crippen MR) is 320 cm³/mol. The van der Waals surface area contributed by atoms with Crippen molar-refractivity contribution in [3.63, 3.8) is 0 Å². The van der Waals surface area contributed by atoms with Gasteiger partial charge in [0.1, 0.15) is 6.61 Å². The highest BCUT2D eigenvalue weighted by atomic mass is 16.6. The Hall–Kier alpha value is -2.66. The minimum Gasteiger partial charge on any atom is -0.462 e. The molecule has 0 bridgehead atoms. The molecule has 5 nitrogen and oxygen atoms in total. The molecule has 0 aromatic carbocycles. The summed E-state index contributed by atoms with van der Waals surface area (Å²) in [5.41, 5.74) is 0. The largest absolute Gasteiger partial charge is 0.462 e. The summed E-state index contributed by atoms with van der Waals surface area (Å²) < 4.78 is 10.7. The number of aliphatic hydroxyl groups is 1. The quantitative estimate of drug-likeness (QED) is 0.0373. The number of ether oxygens (including phenoxy) is 2. The topological polar surface area (TPSA) is 72.8 Å². The molecule has 0 saturated carbocycles. The van der Waals surface area contributed by atoms with E-state index in [1.165, 1.54) is 231 Å². The number of allylic oxidation sites excluding steroid dienone is 12. The maximum Gasteiger partial charge on any atom is 0.306 e. The lowest BCUT2D eigenvalue weighted by molar-refractivity contribution is -0.161. The van der Waals surface area contributed by atoms with Gasteiger partial charge in [-0.1, -0.05) is 324 Å². The molecule has 0 radical (unpaired) electrons. The molecule has 0 amide bonds. The second-order valence-corrected chi connectivity index (χ2v) is 21.5. The van der Waals surface area contributed by atoms with Crippen molar-refractivity contribution in [2.24, 2.45) is 0 Å². The Labute approximate surface area is 454 Å². The van der Waals surface area contributed by atoms with Gasteiger partial charge in [0.05, 0.1) is 6.61 Å². The van der Waals surface area contributed by atoms with Crippen LogP contribution in [0, 0.1) is 0 Å². The summed E-state index contributed by atoms with van der Waals surface area (Å²) in [5, 5.41) is 9.67. The number of rotatable bonds is 59. The highest BCUT2D eigenvalue weighted by Gasteiger charge is 2.16. The maximum atomic E-state index is 12.3. The third kappa shape index (κ3) is 61.8. The summed E-state index contributed by atoms with van der Waals surface area (Å²) in [5.74, 6) is -0.571. The molecule has 0 aliphatic rings. The third-order valence-electron chi connectivity index (χ3n) is 14.3. The first-order valence-corrected chi connectivity index (χ1v) is 32.0. The van der Waals surface area contributed by atoms with Crippen LogP contribution in [0.3, 0.4) is 0 Å². The van der Waals surface area contributed by atoms with E-state index < -0.39 is 6.10 Å². The predicted octanol–water partition coefficient (Wildman–Crippen LogP) is 21.9. The average Bonchev–Trinajstić information content (AvgIpc) is 3.39. The normalized spacial score (nSPS) is 12.6. The number of esters is 2. The Bertz CT molecular complexity index is 1290. The number of carbonyl (C=O) groups excluding carboxylic acids is 2. The fourth-order valence-electron chi connectivity index (χ4n) is 9.50. The van der Waals surface area contributed by atoms with Gasteiger partial charge >= 0.3 is 11.9 Å². The van der Waals surface area contributed by atoms with E-state index in [1.807, 2.05) is 0 Å². The van der Waals surface area contributed by atoms with E-state index in [1.54, 1.807) is 0 Å². The third-order valence-corrected chi connectivity index (χ3v) is 14.3. The van der Waals surface area contributed by atoms with Gasteiger partial charge in [0.25, 0.3) is 0 Å². The van der Waals surface area contributed by atoms with Crippen LogP contribution in [0.4, 0.5) is 0 Å². The van der Waals surface area contributed by atoms with Crippen molar-refractivity contribution < 1.29 is 24.2 Å². The van der Waals surface area contributed by atoms with Gasteiger partial charge in [-0.25, -0.2) is 0 Å². The summed E-state index contributed by atoms with van der Waals surface area (Å²) in [6, 6.07) is 0. The zero-order valence-corrected chi connectivity index (χ0v) is 48.6. The lowest BCUT2D eigenvalue weighted by atomic mass is 10.0. The number of hydrogen-bond donors (Lipinski definition) is 1. The summed E-state index contributed by atoms with van der Waals surface area (Å²) in [6.45, 7) is 4.07. The Kier molecular flexibility index (Phi) is 61.3. The highest BCUT2D eigenvalue weighted by Crippen LogP contribution is 2.18. The summed E-state index contributed by atoms with van der Waals surface area (Å²) in [6.07, 6.45) is 87.7. The molecule has 0 aliphatic carbocycles. The van der Waals surface area contributed by atoms with Crippen LogP contribution in [0.1, 0.15) is 328 Å². The fraction of sp³-hybridized carbons (Fsp3) is 0.794. The van der Waals surface area contributed by atoms with E-state index >= 15 is 0 Å². The summed E-state index contributed by atoms with van der Waals surface area (Å²) in [7, 11) is 0. The molecule has 0 heterocycles. The van der Waals surface area contributed by atoms with Crippen molar-refractivity contribution in [2.75, 3.05) is 13.2 Å². The van der Waals surface area contributed by atoms with Crippen LogP contribution in [-0.2, 0) is 19.1 Å². The summed E-state index contributed by atoms with van der Waals surface area (Å²) in [4.78, 5) is 24.5. The molecule has 424 valence electrons. The van der Waals surface area contributed by atoms with Gasteiger partial charge in [-0.05, 0) is 64.2 Å². The first kappa shape index (κ1) is 70.3. The number of aliphatic hydroxyl groups excluding tert-OH is 1. The lowest BCUT2D eigenvalue weighted by Gasteiger charge is -2.15. The minimum absolute atomic E-state index is 0.0603. The SMILES string of the molecule is CC/C=C\C/C=C\C/C=C\C/C=C\C/C=C\C/C=C\CCCCCCCCCCCCCCCCCCCCCCCCC(=O)OC(CO)COC(=O)CCCCCCCCCCCCCCCCCCCC. The molecule has 0 spiro atoms. The maximum absolute atomic E-state index is 12.3. The van der Waals surface area contributed by atoms with Crippen LogP contribution in [-0.4, -0.2) is 36.4 Å². The number of hydrogen-bond acceptors (Lipinski definition) is 5. The fourth-order valence-corrected chi connectivity index (χ4v) is 9.50. The Morgan fingerprint density at radius 3 is 0.890 bits per heavy atom. The van der Waals surface area contributed by atoms with Crippen molar-refractivity contribution in [3.8, 4) is 0 Å². The van der Waals surface area contributed by atoms with Gasteiger partial charge in [0.15, 0.2) is 6.10 Å². The van der Waals surface area contributed by atoms with E-state index in [0.717, 1.165) is 70.6 Å². The van der Waals surface area contributed by atoms with Crippen LogP contribution < -0.4 is 0 Å². The Balaban J connectivity index is 3.41. The van der Waals surface area contributed by atoms with Crippen molar-refractivity contribution in [1.29, 1.82) is 0 Å². The first-order chi connectivity index (χ1) is 36.1. The minimum atomic E-state index is -0.769. The van der Waals surface area contributed by atoms with Crippen LogP contribution >= 0.6 is 0 Å². The standard InChI is InChI=1S/C68H122O5/c1-3-5-7-9-11-13-15-17-19-21-23-24-25-26-27-28-29-30-31-32-33-34-35-36-37-38-39-40-41-42-43-44-45-47-49-51-53-55-57-59-61-63-68(71)73-66(64-69)65-72-67(70)62-60-58-56-54-52-50-48-46-22-20-18-16-14-12-10-8-6-4-2/h5,7,11,13,17,19,23-24,26-27,29-30,66,69H,3-4,6,8-10,12,14-16,18,20-22,25,28,31-65H2,1-2H3/b7-5-,13-11-,19-17-,24-23-,27-26-,30-29-. The monoisotopic (exact) mass is 1020 g/mol. The Morgan fingerprint density at radius 2 is 0.589 bits per heavy atom. The van der Waals surface area contributed by atoms with Gasteiger partial charge in [0.2, 0.25) is 0 Å². The smallest absolute Gasteiger partial charge is 0.306 e. The molecule has 1 unspecified atom stereocenters. The van der Waals surface area contributed by atoms with Crippen molar-refractivity contribution in [1.82, 2.24) is 0 Å². The molecule has 0 aromatic heterocycles. The van der Waals surface area contributed by atoms with E-state index in [0.29, 0.717) is 12.8 Å². The molecule has 0 rings (SSSR count). The van der Waals surface area contributed by atoms with Crippen molar-refractivity contribution in [3.05, 3.63) is 72.9 Å². The molecule has 73 heavy (non-hydrogen) atoms. The lowest BCUT2D eigenvalue weighted by Crippen LogP contribution is -2.28. The van der Waals surface area contributed by atoms with Gasteiger partial charge in [-0.3, -0.25) is 9.59 Å². The summed E-state index contributed by atoms with van der Waals surface area (Å²) >= 11 is 0. The molecule has 1 atom stereocenters. The second-order valence-electron chi connectivity index (χ2n) is 21.5. The molecule has 5 heteroatoms. The number of unbranched alkanes of at least 4 members (excludes halogenated alkanes) is 39. The van der Waals surface area contributed by atoms with Crippen molar-refractivity contribution >= 4 is 11.9 Å². The molecule has 1 N–H and O–H groups in total. The van der Waals surface area contributed by atoms with Gasteiger partial charge in [0, 0.05) is 12.8 Å².